The third-order valence-electron chi connectivity index (χ3n) is 5.95. The van der Waals surface area contributed by atoms with E-state index in [0.29, 0.717) is 18.1 Å². The van der Waals surface area contributed by atoms with Gasteiger partial charge in [0.05, 0.1) is 19.6 Å². The molecule has 2 saturated heterocycles. The van der Waals surface area contributed by atoms with Crippen molar-refractivity contribution in [2.24, 2.45) is 4.99 Å². The Bertz CT molecular complexity index is 939. The first-order valence-electron chi connectivity index (χ1n) is 10.6. The number of nitrogens with zero attached hydrogens (tertiary/aromatic N) is 8. The minimum Gasteiger partial charge on any atom is -0.297 e. The number of aliphatic imine (C=N–C) groups is 1. The van der Waals surface area contributed by atoms with Crippen LogP contribution in [0.5, 0.6) is 0 Å². The second-order valence-electron chi connectivity index (χ2n) is 7.86. The zero-order valence-electron chi connectivity index (χ0n) is 18.5. The average Bonchev–Trinajstić information content (AvgIpc) is 3.16. The lowest BCUT2D eigenvalue weighted by Crippen LogP contribution is -2.63. The van der Waals surface area contributed by atoms with Gasteiger partial charge in [-0.1, -0.05) is 23.7 Å². The smallest absolute Gasteiger partial charge is 0.297 e. The van der Waals surface area contributed by atoms with Crippen LogP contribution in [0.3, 0.4) is 0 Å². The lowest BCUT2D eigenvalue weighted by molar-refractivity contribution is -0.544. The van der Waals surface area contributed by atoms with Gasteiger partial charge >= 0.3 is 12.0 Å². The monoisotopic (exact) mass is 445 g/mol. The maximum Gasteiger partial charge on any atom is 0.392 e. The molecular weight excluding hydrogens is 416 g/mol. The van der Waals surface area contributed by atoms with Gasteiger partial charge in [0.2, 0.25) is 11.9 Å². The van der Waals surface area contributed by atoms with E-state index >= 15 is 0 Å². The molecule has 0 saturated carbocycles. The maximum atomic E-state index is 13.1. The maximum absolute atomic E-state index is 13.1. The van der Waals surface area contributed by atoms with E-state index in [0.717, 1.165) is 49.5 Å². The van der Waals surface area contributed by atoms with Crippen LogP contribution in [0.25, 0.3) is 0 Å². The van der Waals surface area contributed by atoms with E-state index < -0.39 is 6.04 Å². The predicted octanol–water partition coefficient (Wildman–Crippen LogP) is 0.188. The molecule has 0 N–H and O–H groups in total. The second kappa shape index (κ2) is 8.91. The largest absolute Gasteiger partial charge is 0.392 e. The van der Waals surface area contributed by atoms with Crippen LogP contribution in [-0.2, 0) is 4.79 Å². The molecule has 0 radical (unpaired) electrons. The molecule has 0 spiro atoms. The molecular formula is C20H29N8O2S+. The summed E-state index contributed by atoms with van der Waals surface area (Å²) >= 11 is 1.56. The SMILES string of the molecule is CCN1CC[N+](=C2N=C3C(C(=O)N(C)C(=O)N3C)N2CCSc2nccc(C)n2)CC1. The number of imide groups is 1. The van der Waals surface area contributed by atoms with Crippen LogP contribution in [0.15, 0.2) is 22.4 Å². The number of amidine groups is 1. The Labute approximate surface area is 186 Å². The first-order chi connectivity index (χ1) is 14.9. The van der Waals surface area contributed by atoms with E-state index in [-0.39, 0.29) is 11.9 Å². The number of aromatic nitrogens is 2. The first-order valence-corrected chi connectivity index (χ1v) is 11.6. The number of fused-ring (bicyclic) bond motifs is 1. The van der Waals surface area contributed by atoms with Crippen molar-refractivity contribution in [2.75, 3.05) is 59.1 Å². The van der Waals surface area contributed by atoms with E-state index in [2.05, 4.69) is 26.4 Å². The van der Waals surface area contributed by atoms with Crippen molar-refractivity contribution in [1.82, 2.24) is 29.6 Å². The molecule has 3 aliphatic heterocycles. The minimum atomic E-state index is -0.578. The lowest BCUT2D eigenvalue weighted by atomic mass is 10.1. The summed E-state index contributed by atoms with van der Waals surface area (Å²) in [5.74, 6) is 1.76. The summed E-state index contributed by atoms with van der Waals surface area (Å²) in [4.78, 5) is 46.2. The molecule has 3 amide bonds. The van der Waals surface area contributed by atoms with Gasteiger partial charge in [0, 0.05) is 44.8 Å². The van der Waals surface area contributed by atoms with Crippen LogP contribution in [0.1, 0.15) is 12.6 Å². The highest BCUT2D eigenvalue weighted by atomic mass is 32.2. The molecule has 0 bridgehead atoms. The van der Waals surface area contributed by atoms with Crippen molar-refractivity contribution in [3.05, 3.63) is 18.0 Å². The Hall–Kier alpha value is -2.53. The molecule has 10 nitrogen and oxygen atoms in total. The van der Waals surface area contributed by atoms with Gasteiger partial charge in [0.1, 0.15) is 0 Å². The predicted molar refractivity (Wildman–Crippen MR) is 118 cm³/mol. The van der Waals surface area contributed by atoms with Gasteiger partial charge in [-0.2, -0.15) is 0 Å². The molecule has 1 unspecified atom stereocenters. The summed E-state index contributed by atoms with van der Waals surface area (Å²) in [6.07, 6.45) is 1.76. The molecule has 166 valence electrons. The Morgan fingerprint density at radius 3 is 2.61 bits per heavy atom. The third-order valence-corrected chi connectivity index (χ3v) is 6.79. The zero-order valence-corrected chi connectivity index (χ0v) is 19.3. The summed E-state index contributed by atoms with van der Waals surface area (Å²) in [5.41, 5.74) is 0.926. The number of guanidine groups is 1. The average molecular weight is 446 g/mol. The van der Waals surface area contributed by atoms with Gasteiger partial charge in [-0.05, 0) is 19.5 Å². The van der Waals surface area contributed by atoms with Gasteiger partial charge in [-0.25, -0.2) is 19.7 Å². The van der Waals surface area contributed by atoms with Crippen molar-refractivity contribution in [3.8, 4) is 0 Å². The van der Waals surface area contributed by atoms with E-state index in [1.54, 1.807) is 25.0 Å². The number of piperazine rings is 1. The molecule has 31 heavy (non-hydrogen) atoms. The summed E-state index contributed by atoms with van der Waals surface area (Å²) in [6, 6.07) is 0.945. The number of amides is 3. The van der Waals surface area contributed by atoms with Gasteiger partial charge in [-0.15, -0.1) is 0 Å². The number of thioether (sulfide) groups is 1. The number of hydrogen-bond acceptors (Lipinski definition) is 6. The molecule has 4 rings (SSSR count). The molecule has 0 aliphatic carbocycles. The lowest BCUT2D eigenvalue weighted by Gasteiger charge is -2.33. The van der Waals surface area contributed by atoms with Crippen LogP contribution < -0.4 is 0 Å². The number of hydrogen-bond donors (Lipinski definition) is 0. The van der Waals surface area contributed by atoms with Crippen molar-refractivity contribution in [1.29, 1.82) is 0 Å². The molecule has 1 atom stereocenters. The highest BCUT2D eigenvalue weighted by molar-refractivity contribution is 7.99. The molecule has 1 aromatic heterocycles. The van der Waals surface area contributed by atoms with Crippen LogP contribution in [-0.4, -0.2) is 123 Å². The number of carbonyl (C=O) groups is 2. The first kappa shape index (κ1) is 21.7. The highest BCUT2D eigenvalue weighted by Gasteiger charge is 2.55. The fraction of sp³-hybridized carbons (Fsp3) is 0.600. The van der Waals surface area contributed by atoms with Gasteiger partial charge < -0.3 is 0 Å². The van der Waals surface area contributed by atoms with Crippen molar-refractivity contribution >= 4 is 35.5 Å². The van der Waals surface area contributed by atoms with E-state index in [9.17, 15) is 9.59 Å². The normalized spacial score (nSPS) is 22.4. The van der Waals surface area contributed by atoms with E-state index in [1.165, 1.54) is 16.8 Å². The molecule has 3 aliphatic rings. The fourth-order valence-corrected chi connectivity index (χ4v) is 4.88. The van der Waals surface area contributed by atoms with Gasteiger partial charge in [0.15, 0.2) is 5.16 Å². The molecule has 2 fully saturated rings. The summed E-state index contributed by atoms with van der Waals surface area (Å²) in [6.45, 7) is 9.34. The Morgan fingerprint density at radius 2 is 1.94 bits per heavy atom. The molecule has 11 heteroatoms. The number of likely N-dealkylation sites (N-methyl/N-ethyl adjacent to an activating group) is 3. The summed E-state index contributed by atoms with van der Waals surface area (Å²) < 4.78 is 2.23. The topological polar surface area (TPSA) is 88.3 Å². The Balaban J connectivity index is 1.59. The molecule has 1 aromatic rings. The van der Waals surface area contributed by atoms with Gasteiger partial charge in [0.25, 0.3) is 5.91 Å². The Kier molecular flexibility index (Phi) is 6.24. The van der Waals surface area contributed by atoms with Crippen molar-refractivity contribution in [2.45, 2.75) is 25.0 Å². The van der Waals surface area contributed by atoms with Crippen LogP contribution in [0.4, 0.5) is 4.79 Å². The number of aryl methyl sites for hydroxylation is 1. The van der Waals surface area contributed by atoms with Crippen LogP contribution in [0, 0.1) is 6.92 Å². The fourth-order valence-electron chi connectivity index (χ4n) is 4.06. The van der Waals surface area contributed by atoms with Crippen molar-refractivity contribution in [3.63, 3.8) is 0 Å². The van der Waals surface area contributed by atoms with E-state index in [1.807, 2.05) is 17.9 Å². The standard InChI is InChI=1S/C20H29N8O2S/c1-5-26-8-10-27(11-9-26)19-23-16-15(17(29)25(4)20(30)24(16)3)28(19)12-13-31-18-21-7-6-14(2)22-18/h6-7,15H,5,8-13H2,1-4H3/q+1. The summed E-state index contributed by atoms with van der Waals surface area (Å²) in [7, 11) is 3.21. The van der Waals surface area contributed by atoms with Crippen molar-refractivity contribution < 1.29 is 14.2 Å². The van der Waals surface area contributed by atoms with E-state index in [4.69, 9.17) is 4.99 Å². The second-order valence-corrected chi connectivity index (χ2v) is 8.92. The summed E-state index contributed by atoms with van der Waals surface area (Å²) in [5, 5.41) is 0.720. The highest BCUT2D eigenvalue weighted by Crippen LogP contribution is 2.24. The van der Waals surface area contributed by atoms with Crippen LogP contribution in [0.2, 0.25) is 0 Å². The molecule has 4 heterocycles. The number of carbonyl (C=O) groups excluding carboxylic acids is 2. The third kappa shape index (κ3) is 4.16. The Morgan fingerprint density at radius 1 is 1.19 bits per heavy atom. The zero-order chi connectivity index (χ0) is 22.1. The number of rotatable bonds is 5. The quantitative estimate of drug-likeness (QED) is 0.363. The van der Waals surface area contributed by atoms with Crippen LogP contribution >= 0.6 is 11.8 Å². The minimum absolute atomic E-state index is 0.235. The molecule has 0 aromatic carbocycles. The van der Waals surface area contributed by atoms with Gasteiger partial charge in [-0.3, -0.25) is 24.1 Å². The number of urea groups is 1.